The van der Waals surface area contributed by atoms with Crippen molar-refractivity contribution in [2.45, 2.75) is 50.2 Å². The van der Waals surface area contributed by atoms with Crippen LogP contribution in [-0.2, 0) is 30.2 Å². The van der Waals surface area contributed by atoms with Gasteiger partial charge in [-0.2, -0.15) is 15.1 Å². The molecule has 0 unspecified atom stereocenters. The maximum atomic E-state index is 13.6. The molecule has 36 heavy (non-hydrogen) atoms. The lowest BCUT2D eigenvalue weighted by atomic mass is 10.2. The zero-order chi connectivity index (χ0) is 25.8. The fourth-order valence-electron chi connectivity index (χ4n) is 4.14. The Kier molecular flexibility index (Phi) is 5.70. The minimum absolute atomic E-state index is 0.0189. The Balaban J connectivity index is 1.70. The molecule has 3 heterocycles. The third-order valence-corrected chi connectivity index (χ3v) is 8.79. The van der Waals surface area contributed by atoms with Gasteiger partial charge >= 0.3 is 5.69 Å². The van der Waals surface area contributed by atoms with Crippen LogP contribution in [0.1, 0.15) is 34.0 Å². The first-order chi connectivity index (χ1) is 17.0. The van der Waals surface area contributed by atoms with Crippen LogP contribution in [0.5, 0.6) is 0 Å². The Morgan fingerprint density at radius 1 is 1.19 bits per heavy atom. The van der Waals surface area contributed by atoms with Gasteiger partial charge in [0.15, 0.2) is 0 Å². The minimum atomic E-state index is -4.06. The van der Waals surface area contributed by atoms with Gasteiger partial charge in [0.2, 0.25) is 10.0 Å². The molecule has 11 nitrogen and oxygen atoms in total. The molecule has 1 N–H and O–H groups in total. The van der Waals surface area contributed by atoms with Crippen LogP contribution in [0.3, 0.4) is 0 Å². The Morgan fingerprint density at radius 3 is 2.53 bits per heavy atom. The molecule has 1 aliphatic carbocycles. The average Bonchev–Trinajstić information content (AvgIpc) is 3.35. The van der Waals surface area contributed by atoms with Gasteiger partial charge in [0.25, 0.3) is 5.56 Å². The third-order valence-electron chi connectivity index (χ3n) is 6.20. The van der Waals surface area contributed by atoms with Crippen LogP contribution in [0.4, 0.5) is 0 Å². The summed E-state index contributed by atoms with van der Waals surface area (Å²) >= 11 is 1.46. The lowest BCUT2D eigenvalue weighted by Crippen LogP contribution is -2.40. The van der Waals surface area contributed by atoms with E-state index in [1.54, 1.807) is 24.1 Å². The Labute approximate surface area is 210 Å². The molecule has 1 saturated carbocycles. The second kappa shape index (κ2) is 8.51. The van der Waals surface area contributed by atoms with Gasteiger partial charge < -0.3 is 0 Å². The summed E-state index contributed by atoms with van der Waals surface area (Å²) in [4.78, 5) is 32.2. The van der Waals surface area contributed by atoms with E-state index in [9.17, 15) is 23.3 Å². The van der Waals surface area contributed by atoms with E-state index in [-0.39, 0.29) is 23.4 Å². The number of hydrogen-bond acceptors (Lipinski definition) is 8. The van der Waals surface area contributed by atoms with Crippen LogP contribution in [0.15, 0.2) is 45.1 Å². The van der Waals surface area contributed by atoms with Crippen LogP contribution < -0.4 is 16.0 Å². The summed E-state index contributed by atoms with van der Waals surface area (Å²) in [6, 6.07) is 6.09. The smallest absolute Gasteiger partial charge is 0.288 e. The first-order valence-electron chi connectivity index (χ1n) is 11.1. The second-order valence-electron chi connectivity index (χ2n) is 9.00. The van der Waals surface area contributed by atoms with Gasteiger partial charge in [-0.1, -0.05) is 0 Å². The fraction of sp³-hybridized carbons (Fsp3) is 0.348. The topological polar surface area (TPSA) is 145 Å². The summed E-state index contributed by atoms with van der Waals surface area (Å²) < 4.78 is 32.6. The molecule has 0 bridgehead atoms. The summed E-state index contributed by atoms with van der Waals surface area (Å²) in [5.74, 6) is 0. The van der Waals surface area contributed by atoms with E-state index >= 15 is 0 Å². The predicted molar refractivity (Wildman–Crippen MR) is 133 cm³/mol. The molecular weight excluding hydrogens is 502 g/mol. The zero-order valence-electron chi connectivity index (χ0n) is 19.8. The van der Waals surface area contributed by atoms with Gasteiger partial charge in [0, 0.05) is 23.7 Å². The molecule has 0 spiro atoms. The number of fused-ring (bicyclic) bond motifs is 1. The minimum Gasteiger partial charge on any atom is -0.288 e. The number of aryl methyl sites for hydroxylation is 3. The van der Waals surface area contributed by atoms with Gasteiger partial charge in [-0.15, -0.1) is 11.3 Å². The largest absolute Gasteiger partial charge is 0.332 e. The van der Waals surface area contributed by atoms with E-state index in [0.29, 0.717) is 23.9 Å². The van der Waals surface area contributed by atoms with Crippen molar-refractivity contribution in [2.75, 3.05) is 0 Å². The van der Waals surface area contributed by atoms with Crippen molar-refractivity contribution in [3.05, 3.63) is 72.6 Å². The first kappa shape index (κ1) is 24.1. The van der Waals surface area contributed by atoms with Gasteiger partial charge in [-0.25, -0.2) is 18.2 Å². The lowest BCUT2D eigenvalue weighted by Gasteiger charge is -2.15. The Hall–Kier alpha value is -3.60. The van der Waals surface area contributed by atoms with E-state index in [1.165, 1.54) is 34.1 Å². The van der Waals surface area contributed by atoms with Crippen LogP contribution >= 0.6 is 11.3 Å². The van der Waals surface area contributed by atoms with Crippen molar-refractivity contribution in [3.63, 3.8) is 0 Å². The highest BCUT2D eigenvalue weighted by Crippen LogP contribution is 2.36. The van der Waals surface area contributed by atoms with Gasteiger partial charge in [-0.05, 0) is 44.9 Å². The van der Waals surface area contributed by atoms with Crippen molar-refractivity contribution < 1.29 is 8.42 Å². The summed E-state index contributed by atoms with van der Waals surface area (Å²) in [7, 11) is -2.32. The molecule has 1 fully saturated rings. The first-order valence-corrected chi connectivity index (χ1v) is 13.4. The van der Waals surface area contributed by atoms with E-state index in [0.717, 1.165) is 20.1 Å². The fourth-order valence-corrected chi connectivity index (χ4v) is 6.47. The molecule has 0 aliphatic heterocycles. The normalized spacial score (nSPS) is 14.7. The van der Waals surface area contributed by atoms with Crippen LogP contribution in [0.2, 0.25) is 0 Å². The van der Waals surface area contributed by atoms with Crippen molar-refractivity contribution in [2.24, 2.45) is 7.05 Å². The zero-order valence-corrected chi connectivity index (χ0v) is 21.5. The van der Waals surface area contributed by atoms with Crippen LogP contribution in [-0.4, -0.2) is 37.9 Å². The summed E-state index contributed by atoms with van der Waals surface area (Å²) in [5.41, 5.74) is -0.463. The Morgan fingerprint density at radius 2 is 1.94 bits per heavy atom. The quantitative estimate of drug-likeness (QED) is 0.384. The maximum Gasteiger partial charge on any atom is 0.332 e. The molecule has 0 radical (unpaired) electrons. The van der Waals surface area contributed by atoms with Crippen LogP contribution in [0, 0.1) is 25.2 Å². The predicted octanol–water partition coefficient (Wildman–Crippen LogP) is 1.40. The van der Waals surface area contributed by atoms with Crippen molar-refractivity contribution in [1.82, 2.24) is 28.6 Å². The summed E-state index contributed by atoms with van der Waals surface area (Å²) in [6.45, 7) is 3.90. The number of sulfonamides is 1. The van der Waals surface area contributed by atoms with Crippen LogP contribution in [0.25, 0.3) is 10.9 Å². The number of nitriles is 1. The molecular formula is C23H23N7O4S2. The number of nitrogens with zero attached hydrogens (tertiary/aromatic N) is 6. The molecule has 0 atom stereocenters. The monoisotopic (exact) mass is 525 g/mol. The molecule has 1 aliphatic rings. The third kappa shape index (κ3) is 4.27. The lowest BCUT2D eigenvalue weighted by molar-refractivity contribution is 0.571. The molecule has 13 heteroatoms. The van der Waals surface area contributed by atoms with Crippen molar-refractivity contribution in [3.8, 4) is 6.07 Å². The van der Waals surface area contributed by atoms with Crippen molar-refractivity contribution in [1.29, 1.82) is 5.26 Å². The van der Waals surface area contributed by atoms with Gasteiger partial charge in [0.05, 0.1) is 51.9 Å². The molecule has 4 aromatic rings. The number of benzene rings is 1. The highest BCUT2D eigenvalue weighted by molar-refractivity contribution is 7.89. The van der Waals surface area contributed by atoms with E-state index in [2.05, 4.69) is 14.8 Å². The maximum absolute atomic E-state index is 13.6. The number of rotatable bonds is 7. The molecule has 0 amide bonds. The number of thiazole rings is 1. The van der Waals surface area contributed by atoms with Crippen molar-refractivity contribution >= 4 is 32.3 Å². The molecule has 5 rings (SSSR count). The summed E-state index contributed by atoms with van der Waals surface area (Å²) in [6.07, 6.45) is 4.14. The van der Waals surface area contributed by atoms with Gasteiger partial charge in [-0.3, -0.25) is 18.6 Å². The number of hydrogen-bond donors (Lipinski definition) is 1. The van der Waals surface area contributed by atoms with E-state index in [1.807, 2.05) is 19.9 Å². The highest BCUT2D eigenvalue weighted by Gasteiger charge is 2.46. The van der Waals surface area contributed by atoms with Gasteiger partial charge in [0.1, 0.15) is 5.54 Å². The number of nitrogens with one attached hydrogen (secondary N) is 1. The van der Waals surface area contributed by atoms with E-state index in [4.69, 9.17) is 0 Å². The Bertz CT molecular complexity index is 1780. The standard InChI is InChI=1S/C23H23N7O4S2/c1-14-20(35-15(2)26-14)12-29-19-5-4-17(36(33,34)27-23(13-24)6-7-23)8-18(19)21(31)30(22(29)32)11-16-9-25-28(3)10-16/h4-5,8-10,27H,6-7,11-12H2,1-3H3. The SMILES string of the molecule is Cc1nc(C)c(Cn2c(=O)n(Cc3cnn(C)c3)c(=O)c3cc(S(=O)(=O)NC4(C#N)CC4)ccc32)s1. The molecule has 3 aromatic heterocycles. The summed E-state index contributed by atoms with van der Waals surface area (Å²) in [5, 5.41) is 14.4. The number of aromatic nitrogens is 5. The molecule has 1 aromatic carbocycles. The van der Waals surface area contributed by atoms with E-state index < -0.39 is 26.8 Å². The average molecular weight is 526 g/mol. The molecule has 186 valence electrons. The highest BCUT2D eigenvalue weighted by atomic mass is 32.2. The second-order valence-corrected chi connectivity index (χ2v) is 12.0. The molecule has 0 saturated heterocycles.